The number of rotatable bonds is 5. The van der Waals surface area contributed by atoms with E-state index in [1.807, 2.05) is 0 Å². The summed E-state index contributed by atoms with van der Waals surface area (Å²) in [5.74, 6) is -0.448. The van der Waals surface area contributed by atoms with Crippen molar-refractivity contribution in [1.82, 2.24) is 4.98 Å². The van der Waals surface area contributed by atoms with Crippen LogP contribution in [-0.4, -0.2) is 20.0 Å². The molecule has 1 heterocycles. The Labute approximate surface area is 120 Å². The Morgan fingerprint density at radius 2 is 2.05 bits per heavy atom. The third-order valence-electron chi connectivity index (χ3n) is 2.55. The van der Waals surface area contributed by atoms with E-state index in [2.05, 4.69) is 9.71 Å². The second kappa shape index (κ2) is 5.96. The maximum absolute atomic E-state index is 13.2. The molecule has 0 bridgehead atoms. The van der Waals surface area contributed by atoms with Crippen LogP contribution in [0.2, 0.25) is 0 Å². The van der Waals surface area contributed by atoms with E-state index >= 15 is 0 Å². The first-order valence-electron chi connectivity index (χ1n) is 6.06. The lowest BCUT2D eigenvalue weighted by Gasteiger charge is -2.12. The van der Waals surface area contributed by atoms with Crippen molar-refractivity contribution in [1.29, 1.82) is 0 Å². The SMILES string of the molecule is CCOc1cc(F)ccc1NS(=O)(=O)c1ccc(=O)[nH]c1. The van der Waals surface area contributed by atoms with Crippen LogP contribution in [-0.2, 0) is 10.0 Å². The lowest BCUT2D eigenvalue weighted by molar-refractivity contribution is 0.340. The monoisotopic (exact) mass is 312 g/mol. The summed E-state index contributed by atoms with van der Waals surface area (Å²) in [6.07, 6.45) is 1.08. The number of H-pyrrole nitrogens is 1. The predicted molar refractivity (Wildman–Crippen MR) is 75.4 cm³/mol. The van der Waals surface area contributed by atoms with E-state index in [9.17, 15) is 17.6 Å². The van der Waals surface area contributed by atoms with Gasteiger partial charge in [0.1, 0.15) is 16.5 Å². The van der Waals surface area contributed by atoms with Crippen molar-refractivity contribution >= 4 is 15.7 Å². The number of ether oxygens (including phenoxy) is 1. The van der Waals surface area contributed by atoms with Gasteiger partial charge >= 0.3 is 0 Å². The van der Waals surface area contributed by atoms with E-state index in [4.69, 9.17) is 4.74 Å². The standard InChI is InChI=1S/C13H13FN2O4S/c1-2-20-12-7-9(14)3-5-11(12)16-21(18,19)10-4-6-13(17)15-8-10/h3-8,16H,2H2,1H3,(H,15,17). The van der Waals surface area contributed by atoms with Gasteiger partial charge in [-0.3, -0.25) is 9.52 Å². The van der Waals surface area contributed by atoms with Crippen LogP contribution in [0.3, 0.4) is 0 Å². The smallest absolute Gasteiger partial charge is 0.263 e. The molecule has 0 aliphatic rings. The summed E-state index contributed by atoms with van der Waals surface area (Å²) in [5.41, 5.74) is -0.296. The summed E-state index contributed by atoms with van der Waals surface area (Å²) in [6.45, 7) is 1.96. The summed E-state index contributed by atoms with van der Waals surface area (Å²) in [4.78, 5) is 13.1. The highest BCUT2D eigenvalue weighted by molar-refractivity contribution is 7.92. The molecule has 0 saturated heterocycles. The molecule has 0 aliphatic carbocycles. The highest BCUT2D eigenvalue weighted by Crippen LogP contribution is 2.27. The molecule has 0 amide bonds. The van der Waals surface area contributed by atoms with Crippen molar-refractivity contribution in [2.24, 2.45) is 0 Å². The minimum Gasteiger partial charge on any atom is -0.492 e. The van der Waals surface area contributed by atoms with Crippen LogP contribution in [0.5, 0.6) is 5.75 Å². The maximum Gasteiger partial charge on any atom is 0.263 e. The molecule has 0 saturated carbocycles. The molecule has 6 nitrogen and oxygen atoms in total. The fraction of sp³-hybridized carbons (Fsp3) is 0.154. The Kier molecular flexibility index (Phi) is 4.27. The molecule has 1 aromatic carbocycles. The summed E-state index contributed by atoms with van der Waals surface area (Å²) in [6, 6.07) is 5.75. The zero-order chi connectivity index (χ0) is 15.5. The number of sulfonamides is 1. The summed E-state index contributed by atoms with van der Waals surface area (Å²) < 4.78 is 45.0. The fourth-order valence-electron chi connectivity index (χ4n) is 1.62. The molecule has 0 spiro atoms. The number of nitrogens with one attached hydrogen (secondary N) is 2. The zero-order valence-electron chi connectivity index (χ0n) is 11.1. The molecule has 2 aromatic rings. The number of aromatic nitrogens is 1. The van der Waals surface area contributed by atoms with Crippen LogP contribution >= 0.6 is 0 Å². The lowest BCUT2D eigenvalue weighted by atomic mass is 10.3. The Morgan fingerprint density at radius 1 is 1.29 bits per heavy atom. The molecule has 2 rings (SSSR count). The van der Waals surface area contributed by atoms with Gasteiger partial charge in [-0.15, -0.1) is 0 Å². The highest BCUT2D eigenvalue weighted by Gasteiger charge is 2.17. The molecule has 1 aromatic heterocycles. The molecule has 8 heteroatoms. The Balaban J connectivity index is 2.36. The van der Waals surface area contributed by atoms with Gasteiger partial charge in [-0.25, -0.2) is 12.8 Å². The molecular weight excluding hydrogens is 299 g/mol. The normalized spacial score (nSPS) is 11.1. The van der Waals surface area contributed by atoms with E-state index in [0.717, 1.165) is 24.4 Å². The second-order valence-electron chi connectivity index (χ2n) is 4.07. The molecule has 0 radical (unpaired) electrons. The van der Waals surface area contributed by atoms with Gasteiger partial charge in [0.15, 0.2) is 0 Å². The van der Waals surface area contributed by atoms with E-state index < -0.39 is 21.4 Å². The first-order chi connectivity index (χ1) is 9.92. The Bertz CT molecular complexity index is 782. The number of hydrogen-bond acceptors (Lipinski definition) is 4. The maximum atomic E-state index is 13.2. The number of benzene rings is 1. The van der Waals surface area contributed by atoms with Crippen molar-refractivity contribution < 1.29 is 17.5 Å². The Hall–Kier alpha value is -2.35. The predicted octanol–water partition coefficient (Wildman–Crippen LogP) is 1.71. The number of hydrogen-bond donors (Lipinski definition) is 2. The topological polar surface area (TPSA) is 88.3 Å². The van der Waals surface area contributed by atoms with Crippen molar-refractivity contribution in [3.63, 3.8) is 0 Å². The van der Waals surface area contributed by atoms with Gasteiger partial charge in [-0.1, -0.05) is 0 Å². The van der Waals surface area contributed by atoms with Crippen LogP contribution in [0.1, 0.15) is 6.92 Å². The van der Waals surface area contributed by atoms with Crippen LogP contribution < -0.4 is 15.0 Å². The molecule has 0 atom stereocenters. The summed E-state index contributed by atoms with van der Waals surface area (Å²) in [7, 11) is -3.91. The minimum absolute atomic E-state index is 0.0884. The summed E-state index contributed by atoms with van der Waals surface area (Å²) in [5, 5.41) is 0. The minimum atomic E-state index is -3.91. The molecule has 112 valence electrons. The first-order valence-corrected chi connectivity index (χ1v) is 7.54. The molecule has 0 fully saturated rings. The van der Waals surface area contributed by atoms with Gasteiger partial charge < -0.3 is 9.72 Å². The lowest BCUT2D eigenvalue weighted by Crippen LogP contribution is -2.16. The van der Waals surface area contributed by atoms with Crippen molar-refractivity contribution in [2.75, 3.05) is 11.3 Å². The van der Waals surface area contributed by atoms with Crippen LogP contribution in [0.25, 0.3) is 0 Å². The zero-order valence-corrected chi connectivity index (χ0v) is 11.9. The number of halogens is 1. The largest absolute Gasteiger partial charge is 0.492 e. The average molecular weight is 312 g/mol. The van der Waals surface area contributed by atoms with Gasteiger partial charge in [0.05, 0.1) is 12.3 Å². The summed E-state index contributed by atoms with van der Waals surface area (Å²) >= 11 is 0. The molecular formula is C13H13FN2O4S. The quantitative estimate of drug-likeness (QED) is 0.880. The van der Waals surface area contributed by atoms with Gasteiger partial charge in [0.2, 0.25) is 5.56 Å². The van der Waals surface area contributed by atoms with E-state index in [1.54, 1.807) is 6.92 Å². The molecule has 0 aliphatic heterocycles. The van der Waals surface area contributed by atoms with E-state index in [1.165, 1.54) is 12.1 Å². The second-order valence-corrected chi connectivity index (χ2v) is 5.75. The van der Waals surface area contributed by atoms with Gasteiger partial charge in [-0.2, -0.15) is 0 Å². The molecule has 21 heavy (non-hydrogen) atoms. The first kappa shape index (κ1) is 15.0. The molecule has 2 N–H and O–H groups in total. The number of anilines is 1. The van der Waals surface area contributed by atoms with Crippen LogP contribution in [0.4, 0.5) is 10.1 Å². The number of pyridine rings is 1. The molecule has 0 unspecified atom stereocenters. The van der Waals surface area contributed by atoms with Crippen molar-refractivity contribution in [3.05, 3.63) is 52.7 Å². The van der Waals surface area contributed by atoms with Crippen LogP contribution in [0.15, 0.2) is 46.2 Å². The van der Waals surface area contributed by atoms with Crippen molar-refractivity contribution in [2.45, 2.75) is 11.8 Å². The highest BCUT2D eigenvalue weighted by atomic mass is 32.2. The average Bonchev–Trinajstić information content (AvgIpc) is 2.42. The van der Waals surface area contributed by atoms with E-state index in [-0.39, 0.29) is 22.9 Å². The number of aromatic amines is 1. The fourth-order valence-corrected chi connectivity index (χ4v) is 2.66. The van der Waals surface area contributed by atoms with Gasteiger partial charge in [-0.05, 0) is 25.1 Å². The van der Waals surface area contributed by atoms with Gasteiger partial charge in [0.25, 0.3) is 10.0 Å². The van der Waals surface area contributed by atoms with Gasteiger partial charge in [0, 0.05) is 18.3 Å². The van der Waals surface area contributed by atoms with E-state index in [0.29, 0.717) is 0 Å². The van der Waals surface area contributed by atoms with Crippen molar-refractivity contribution in [3.8, 4) is 5.75 Å². The Morgan fingerprint density at radius 3 is 2.67 bits per heavy atom. The third-order valence-corrected chi connectivity index (χ3v) is 3.92. The third kappa shape index (κ3) is 3.60. The van der Waals surface area contributed by atoms with Crippen LogP contribution in [0, 0.1) is 5.82 Å².